The highest BCUT2D eigenvalue weighted by molar-refractivity contribution is 9.10. The van der Waals surface area contributed by atoms with Gasteiger partial charge in [-0.05, 0) is 43.2 Å². The van der Waals surface area contributed by atoms with Crippen LogP contribution in [0.15, 0.2) is 40.9 Å². The van der Waals surface area contributed by atoms with Gasteiger partial charge in [0.05, 0.1) is 6.10 Å². The lowest BCUT2D eigenvalue weighted by Gasteiger charge is -2.24. The van der Waals surface area contributed by atoms with Crippen molar-refractivity contribution in [2.45, 2.75) is 19.4 Å². The maximum atomic E-state index is 13.5. The molecule has 1 aliphatic rings. The van der Waals surface area contributed by atoms with E-state index in [1.165, 1.54) is 6.07 Å². The fraction of sp³-hybridized carbons (Fsp3) is 0.250. The van der Waals surface area contributed by atoms with Crippen LogP contribution in [0.2, 0.25) is 0 Å². The van der Waals surface area contributed by atoms with Crippen LogP contribution in [0, 0.1) is 5.82 Å². The molecule has 0 bridgehead atoms. The number of fused-ring (bicyclic) bond motifs is 1. The van der Waals surface area contributed by atoms with E-state index in [0.717, 1.165) is 39.9 Å². The van der Waals surface area contributed by atoms with Crippen molar-refractivity contribution in [3.05, 3.63) is 57.8 Å². The lowest BCUT2D eigenvalue weighted by molar-refractivity contribution is 0.200. The summed E-state index contributed by atoms with van der Waals surface area (Å²) in [5.74, 6) is -0.232. The van der Waals surface area contributed by atoms with Gasteiger partial charge < -0.3 is 10.0 Å². The molecule has 0 aliphatic carbocycles. The van der Waals surface area contributed by atoms with Crippen LogP contribution in [-0.2, 0) is 6.42 Å². The summed E-state index contributed by atoms with van der Waals surface area (Å²) in [5.41, 5.74) is 3.82. The van der Waals surface area contributed by atoms with Crippen LogP contribution < -0.4 is 4.90 Å². The Morgan fingerprint density at radius 1 is 1.20 bits per heavy atom. The Morgan fingerprint density at radius 3 is 2.75 bits per heavy atom. The molecule has 1 aliphatic heterocycles. The molecule has 0 saturated carbocycles. The number of benzene rings is 2. The Bertz CT molecular complexity index is 657. The molecule has 1 N–H and O–H groups in total. The summed E-state index contributed by atoms with van der Waals surface area (Å²) in [6.45, 7) is 2.55. The van der Waals surface area contributed by atoms with Crippen molar-refractivity contribution in [1.29, 1.82) is 0 Å². The molecule has 4 heteroatoms. The molecule has 1 unspecified atom stereocenters. The Balaban J connectivity index is 2.12. The van der Waals surface area contributed by atoms with E-state index in [2.05, 4.69) is 20.8 Å². The first kappa shape index (κ1) is 13.6. The van der Waals surface area contributed by atoms with Gasteiger partial charge in [0.2, 0.25) is 0 Å². The van der Waals surface area contributed by atoms with Crippen LogP contribution in [0.4, 0.5) is 15.8 Å². The second kappa shape index (κ2) is 5.19. The van der Waals surface area contributed by atoms with Gasteiger partial charge in [-0.15, -0.1) is 0 Å². The van der Waals surface area contributed by atoms with Crippen molar-refractivity contribution in [3.63, 3.8) is 0 Å². The fourth-order valence-electron chi connectivity index (χ4n) is 2.71. The second-order valence-corrected chi connectivity index (χ2v) is 5.97. The minimum atomic E-state index is -0.560. The van der Waals surface area contributed by atoms with Crippen molar-refractivity contribution in [2.24, 2.45) is 0 Å². The number of aliphatic hydroxyl groups is 1. The van der Waals surface area contributed by atoms with E-state index >= 15 is 0 Å². The third kappa shape index (κ3) is 2.34. The first-order valence-electron chi connectivity index (χ1n) is 6.60. The van der Waals surface area contributed by atoms with Crippen LogP contribution >= 0.6 is 15.9 Å². The number of rotatable bonds is 2. The topological polar surface area (TPSA) is 23.5 Å². The smallest absolute Gasteiger partial charge is 0.125 e. The molecule has 2 nitrogen and oxygen atoms in total. The third-order valence-corrected chi connectivity index (χ3v) is 4.17. The molecule has 104 valence electrons. The van der Waals surface area contributed by atoms with Crippen molar-refractivity contribution in [1.82, 2.24) is 0 Å². The quantitative estimate of drug-likeness (QED) is 0.882. The molecule has 0 aromatic heterocycles. The summed E-state index contributed by atoms with van der Waals surface area (Å²) in [4.78, 5) is 2.07. The molecule has 1 heterocycles. The Hall–Kier alpha value is -1.39. The van der Waals surface area contributed by atoms with Gasteiger partial charge in [0.15, 0.2) is 0 Å². The molecule has 0 fully saturated rings. The number of aliphatic hydroxyl groups excluding tert-OH is 1. The maximum Gasteiger partial charge on any atom is 0.125 e. The van der Waals surface area contributed by atoms with E-state index in [9.17, 15) is 9.50 Å². The maximum absolute atomic E-state index is 13.5. The molecule has 0 radical (unpaired) electrons. The summed E-state index contributed by atoms with van der Waals surface area (Å²) in [5, 5.41) is 9.94. The minimum Gasteiger partial charge on any atom is -0.389 e. The lowest BCUT2D eigenvalue weighted by atomic mass is 10.1. The van der Waals surface area contributed by atoms with E-state index in [1.54, 1.807) is 13.0 Å². The van der Waals surface area contributed by atoms with Crippen LogP contribution in [-0.4, -0.2) is 11.7 Å². The van der Waals surface area contributed by atoms with Gasteiger partial charge in [0, 0.05) is 28.0 Å². The minimum absolute atomic E-state index is 0.232. The molecular weight excluding hydrogens is 321 g/mol. The molecule has 2 aromatic carbocycles. The van der Waals surface area contributed by atoms with Gasteiger partial charge in [-0.3, -0.25) is 0 Å². The average molecular weight is 336 g/mol. The third-order valence-electron chi connectivity index (χ3n) is 3.68. The van der Waals surface area contributed by atoms with Crippen LogP contribution in [0.1, 0.15) is 24.2 Å². The molecule has 0 spiro atoms. The van der Waals surface area contributed by atoms with Crippen molar-refractivity contribution < 1.29 is 9.50 Å². The Labute approximate surface area is 126 Å². The van der Waals surface area contributed by atoms with Crippen LogP contribution in [0.3, 0.4) is 0 Å². The zero-order valence-electron chi connectivity index (χ0n) is 11.1. The lowest BCUT2D eigenvalue weighted by Crippen LogP contribution is -2.16. The normalized spacial score (nSPS) is 15.3. The van der Waals surface area contributed by atoms with Crippen molar-refractivity contribution in [2.75, 3.05) is 11.4 Å². The number of anilines is 2. The van der Waals surface area contributed by atoms with E-state index < -0.39 is 6.10 Å². The summed E-state index contributed by atoms with van der Waals surface area (Å²) < 4.78 is 14.5. The number of halogens is 2. The second-order valence-electron chi connectivity index (χ2n) is 5.05. The molecule has 1 atom stereocenters. The fourth-order valence-corrected chi connectivity index (χ4v) is 3.06. The predicted molar refractivity (Wildman–Crippen MR) is 81.9 cm³/mol. The van der Waals surface area contributed by atoms with Gasteiger partial charge in [0.1, 0.15) is 5.82 Å². The summed E-state index contributed by atoms with van der Waals surface area (Å²) in [6.07, 6.45) is 0.331. The molecule has 0 saturated heterocycles. The first-order chi connectivity index (χ1) is 9.56. The molecule has 2 aromatic rings. The summed E-state index contributed by atoms with van der Waals surface area (Å²) in [6, 6.07) is 10.7. The average Bonchev–Trinajstić information content (AvgIpc) is 2.81. The van der Waals surface area contributed by atoms with E-state index in [-0.39, 0.29) is 5.82 Å². The van der Waals surface area contributed by atoms with E-state index in [4.69, 9.17) is 0 Å². The Kier molecular flexibility index (Phi) is 3.52. The number of hydrogen-bond acceptors (Lipinski definition) is 2. The first-order valence-corrected chi connectivity index (χ1v) is 7.39. The van der Waals surface area contributed by atoms with Crippen molar-refractivity contribution in [3.8, 4) is 0 Å². The zero-order valence-corrected chi connectivity index (χ0v) is 12.7. The number of hydrogen-bond donors (Lipinski definition) is 1. The van der Waals surface area contributed by atoms with Gasteiger partial charge in [-0.2, -0.15) is 0 Å². The largest absolute Gasteiger partial charge is 0.389 e. The molecule has 0 amide bonds. The SMILES string of the molecule is CC(O)c1ccc(Br)cc1N1CCc2ccc(F)cc21. The van der Waals surface area contributed by atoms with E-state index in [0.29, 0.717) is 0 Å². The monoisotopic (exact) mass is 335 g/mol. The van der Waals surface area contributed by atoms with Gasteiger partial charge in [-0.25, -0.2) is 4.39 Å². The van der Waals surface area contributed by atoms with Crippen LogP contribution in [0.5, 0.6) is 0 Å². The predicted octanol–water partition coefficient (Wildman–Crippen LogP) is 4.34. The highest BCUT2D eigenvalue weighted by Crippen LogP contribution is 2.39. The Morgan fingerprint density at radius 2 is 2.00 bits per heavy atom. The molecule has 20 heavy (non-hydrogen) atoms. The van der Waals surface area contributed by atoms with Gasteiger partial charge >= 0.3 is 0 Å². The standard InChI is InChI=1S/C16H15BrFNO/c1-10(20)14-5-3-12(17)8-16(14)19-7-6-11-2-4-13(18)9-15(11)19/h2-5,8-10,20H,6-7H2,1H3. The van der Waals surface area contributed by atoms with Crippen LogP contribution in [0.25, 0.3) is 0 Å². The number of nitrogens with zero attached hydrogens (tertiary/aromatic N) is 1. The molecular formula is C16H15BrFNO. The highest BCUT2D eigenvalue weighted by atomic mass is 79.9. The summed E-state index contributed by atoms with van der Waals surface area (Å²) in [7, 11) is 0. The van der Waals surface area contributed by atoms with Gasteiger partial charge in [-0.1, -0.05) is 28.1 Å². The summed E-state index contributed by atoms with van der Waals surface area (Å²) >= 11 is 3.46. The zero-order chi connectivity index (χ0) is 14.3. The van der Waals surface area contributed by atoms with E-state index in [1.807, 2.05) is 24.3 Å². The van der Waals surface area contributed by atoms with Gasteiger partial charge in [0.25, 0.3) is 0 Å². The highest BCUT2D eigenvalue weighted by Gasteiger charge is 2.24. The molecule has 3 rings (SSSR count). The van der Waals surface area contributed by atoms with Crippen molar-refractivity contribution >= 4 is 27.3 Å².